The number of aromatic nitrogens is 1. The van der Waals surface area contributed by atoms with Gasteiger partial charge in [-0.3, -0.25) is 9.59 Å². The smallest absolute Gasteiger partial charge is 0.257 e. The van der Waals surface area contributed by atoms with E-state index in [4.69, 9.17) is 9.72 Å². The summed E-state index contributed by atoms with van der Waals surface area (Å²) >= 11 is 1.48. The fourth-order valence-corrected chi connectivity index (χ4v) is 5.31. The first-order valence-corrected chi connectivity index (χ1v) is 13.7. The van der Waals surface area contributed by atoms with E-state index >= 15 is 0 Å². The van der Waals surface area contributed by atoms with Gasteiger partial charge in [0.2, 0.25) is 0 Å². The monoisotopic (exact) mass is 538 g/mol. The quantitative estimate of drug-likeness (QED) is 0.184. The van der Waals surface area contributed by atoms with Gasteiger partial charge in [0.15, 0.2) is 5.13 Å². The lowest BCUT2D eigenvalue weighted by Crippen LogP contribution is -2.36. The predicted molar refractivity (Wildman–Crippen MR) is 155 cm³/mol. The van der Waals surface area contributed by atoms with Crippen molar-refractivity contribution in [2.75, 3.05) is 31.2 Å². The van der Waals surface area contributed by atoms with E-state index in [1.807, 2.05) is 91.0 Å². The third kappa shape index (κ3) is 6.98. The van der Waals surface area contributed by atoms with Crippen molar-refractivity contribution in [2.45, 2.75) is 13.1 Å². The minimum Gasteiger partial charge on any atom is -0.378 e. The first-order valence-electron chi connectivity index (χ1n) is 12.9. The number of hydrogen-bond acceptors (Lipinski definition) is 6. The highest BCUT2D eigenvalue weighted by Gasteiger charge is 2.23. The van der Waals surface area contributed by atoms with Crippen LogP contribution in [-0.4, -0.2) is 43.1 Å². The zero-order chi connectivity index (χ0) is 26.9. The van der Waals surface area contributed by atoms with Crippen LogP contribution < -0.4 is 15.5 Å². The first-order chi connectivity index (χ1) is 19.2. The summed E-state index contributed by atoms with van der Waals surface area (Å²) in [7, 11) is 0. The van der Waals surface area contributed by atoms with Gasteiger partial charge in [-0.2, -0.15) is 0 Å². The largest absolute Gasteiger partial charge is 0.378 e. The van der Waals surface area contributed by atoms with Crippen LogP contribution in [0.5, 0.6) is 0 Å². The van der Waals surface area contributed by atoms with Crippen LogP contribution in [0.2, 0.25) is 0 Å². The molecule has 1 fully saturated rings. The summed E-state index contributed by atoms with van der Waals surface area (Å²) in [4.78, 5) is 34.8. The Morgan fingerprint density at radius 1 is 0.795 bits per heavy atom. The standard InChI is InChI=1S/C31H30N4O3S/c36-29(32-21-23-10-4-1-5-11-23)26(30(37)33-22-24-12-6-2-7-13-24)20-27-28(25-14-8-3-9-15-25)34-31(39-27)35-16-18-38-19-17-35/h1-15,20H,16-19,21-22H2,(H,32,36)(H,33,37). The maximum atomic E-state index is 13.4. The van der Waals surface area contributed by atoms with Gasteiger partial charge >= 0.3 is 0 Å². The van der Waals surface area contributed by atoms with Crippen LogP contribution in [0, 0.1) is 0 Å². The number of ether oxygens (including phenoxy) is 1. The van der Waals surface area contributed by atoms with E-state index in [0.717, 1.165) is 45.5 Å². The number of carbonyl (C=O) groups is 2. The molecule has 0 radical (unpaired) electrons. The molecule has 0 saturated carbocycles. The Hall–Kier alpha value is -4.27. The summed E-state index contributed by atoms with van der Waals surface area (Å²) in [5.74, 6) is -0.880. The van der Waals surface area contributed by atoms with Crippen molar-refractivity contribution in [3.63, 3.8) is 0 Å². The molecule has 2 amide bonds. The molecule has 198 valence electrons. The van der Waals surface area contributed by atoms with E-state index in [1.54, 1.807) is 6.08 Å². The van der Waals surface area contributed by atoms with Gasteiger partial charge in [0.05, 0.1) is 23.8 Å². The van der Waals surface area contributed by atoms with E-state index in [0.29, 0.717) is 26.3 Å². The van der Waals surface area contributed by atoms with Crippen LogP contribution in [0.4, 0.5) is 5.13 Å². The van der Waals surface area contributed by atoms with Crippen molar-refractivity contribution >= 4 is 34.4 Å². The minimum absolute atomic E-state index is 0.0382. The maximum Gasteiger partial charge on any atom is 0.257 e. The van der Waals surface area contributed by atoms with Gasteiger partial charge in [-0.05, 0) is 17.2 Å². The average Bonchev–Trinajstić information content (AvgIpc) is 3.43. The molecule has 2 heterocycles. The predicted octanol–water partition coefficient (Wildman–Crippen LogP) is 4.66. The van der Waals surface area contributed by atoms with Crippen molar-refractivity contribution in [3.05, 3.63) is 113 Å². The number of rotatable bonds is 9. The highest BCUT2D eigenvalue weighted by molar-refractivity contribution is 7.17. The Labute approximate surface area is 232 Å². The number of nitrogens with one attached hydrogen (secondary N) is 2. The number of carbonyl (C=O) groups excluding carboxylic acids is 2. The third-order valence-electron chi connectivity index (χ3n) is 6.33. The molecule has 39 heavy (non-hydrogen) atoms. The molecule has 5 rings (SSSR count). The number of nitrogens with zero attached hydrogens (tertiary/aromatic N) is 2. The molecule has 1 aliphatic heterocycles. The van der Waals surface area contributed by atoms with E-state index in [-0.39, 0.29) is 5.57 Å². The fourth-order valence-electron chi connectivity index (χ4n) is 4.22. The molecule has 1 aliphatic rings. The Morgan fingerprint density at radius 3 is 1.85 bits per heavy atom. The molecule has 7 nitrogen and oxygen atoms in total. The second-order valence-corrected chi connectivity index (χ2v) is 10.1. The fraction of sp³-hybridized carbons (Fsp3) is 0.194. The highest BCUT2D eigenvalue weighted by Crippen LogP contribution is 2.35. The van der Waals surface area contributed by atoms with Gasteiger partial charge in [0.1, 0.15) is 5.57 Å². The topological polar surface area (TPSA) is 83.6 Å². The molecule has 0 spiro atoms. The number of hydrogen-bond donors (Lipinski definition) is 2. The number of benzene rings is 3. The number of thiazole rings is 1. The van der Waals surface area contributed by atoms with E-state index < -0.39 is 11.8 Å². The third-order valence-corrected chi connectivity index (χ3v) is 7.39. The van der Waals surface area contributed by atoms with Crippen molar-refractivity contribution in [2.24, 2.45) is 0 Å². The van der Waals surface area contributed by atoms with Crippen molar-refractivity contribution in [3.8, 4) is 11.3 Å². The van der Waals surface area contributed by atoms with Crippen LogP contribution in [0.1, 0.15) is 16.0 Å². The summed E-state index contributed by atoms with van der Waals surface area (Å²) in [6.07, 6.45) is 1.67. The molecule has 0 bridgehead atoms. The normalized spacial score (nSPS) is 13.0. The maximum absolute atomic E-state index is 13.4. The molecule has 3 aromatic carbocycles. The summed E-state index contributed by atoms with van der Waals surface area (Å²) in [5.41, 5.74) is 3.61. The second-order valence-electron chi connectivity index (χ2n) is 9.07. The summed E-state index contributed by atoms with van der Waals surface area (Å²) in [5, 5.41) is 6.68. The lowest BCUT2D eigenvalue weighted by molar-refractivity contribution is -0.123. The zero-order valence-corrected chi connectivity index (χ0v) is 22.3. The molecule has 0 aliphatic carbocycles. The van der Waals surface area contributed by atoms with Crippen LogP contribution in [0.25, 0.3) is 17.3 Å². The summed E-state index contributed by atoms with van der Waals surface area (Å²) in [6, 6.07) is 29.1. The Balaban J connectivity index is 1.48. The van der Waals surface area contributed by atoms with Crippen LogP contribution in [-0.2, 0) is 27.4 Å². The van der Waals surface area contributed by atoms with Gasteiger partial charge in [-0.1, -0.05) is 102 Å². The molecule has 4 aromatic rings. The highest BCUT2D eigenvalue weighted by atomic mass is 32.1. The summed E-state index contributed by atoms with van der Waals surface area (Å²) in [6.45, 7) is 3.40. The minimum atomic E-state index is -0.440. The molecule has 0 atom stereocenters. The Kier molecular flexibility index (Phi) is 8.78. The molecular weight excluding hydrogens is 508 g/mol. The van der Waals surface area contributed by atoms with E-state index in [9.17, 15) is 9.59 Å². The van der Waals surface area contributed by atoms with E-state index in [1.165, 1.54) is 11.3 Å². The van der Waals surface area contributed by atoms with Crippen molar-refractivity contribution in [1.29, 1.82) is 0 Å². The number of morpholine rings is 1. The average molecular weight is 539 g/mol. The molecule has 2 N–H and O–H groups in total. The van der Waals surface area contributed by atoms with Gasteiger partial charge in [0, 0.05) is 31.7 Å². The van der Waals surface area contributed by atoms with Crippen molar-refractivity contribution < 1.29 is 14.3 Å². The lowest BCUT2D eigenvalue weighted by Gasteiger charge is -2.26. The molecule has 8 heteroatoms. The molecule has 1 saturated heterocycles. The second kappa shape index (κ2) is 13.0. The van der Waals surface area contributed by atoms with E-state index in [2.05, 4.69) is 15.5 Å². The van der Waals surface area contributed by atoms with Crippen LogP contribution in [0.3, 0.4) is 0 Å². The molecule has 1 aromatic heterocycles. The Bertz CT molecular complexity index is 1360. The molecular formula is C31H30N4O3S. The van der Waals surface area contributed by atoms with Crippen LogP contribution in [0.15, 0.2) is 96.6 Å². The summed E-state index contributed by atoms with van der Waals surface area (Å²) < 4.78 is 5.51. The van der Waals surface area contributed by atoms with Crippen molar-refractivity contribution in [1.82, 2.24) is 15.6 Å². The SMILES string of the molecule is O=C(NCc1ccccc1)C(=Cc1sc(N2CCOCC2)nc1-c1ccccc1)C(=O)NCc1ccccc1. The van der Waals surface area contributed by atoms with Gasteiger partial charge in [-0.15, -0.1) is 0 Å². The van der Waals surface area contributed by atoms with Gasteiger partial charge in [0.25, 0.3) is 11.8 Å². The van der Waals surface area contributed by atoms with Gasteiger partial charge in [-0.25, -0.2) is 4.98 Å². The number of anilines is 1. The lowest BCUT2D eigenvalue weighted by atomic mass is 10.1. The Morgan fingerprint density at radius 2 is 1.31 bits per heavy atom. The molecule has 0 unspecified atom stereocenters. The van der Waals surface area contributed by atoms with Gasteiger partial charge < -0.3 is 20.3 Å². The van der Waals surface area contributed by atoms with Crippen LogP contribution >= 0.6 is 11.3 Å². The number of amides is 2. The zero-order valence-electron chi connectivity index (χ0n) is 21.5. The first kappa shape index (κ1) is 26.3.